The van der Waals surface area contributed by atoms with Gasteiger partial charge in [0, 0.05) is 0 Å². The number of para-hydroxylation sites is 1. The Morgan fingerprint density at radius 2 is 1.41 bits per heavy atom. The molecule has 0 aliphatic carbocycles. The smallest absolute Gasteiger partial charge is 0.328 e. The van der Waals surface area contributed by atoms with Crippen molar-refractivity contribution in [3.63, 3.8) is 0 Å². The highest BCUT2D eigenvalue weighted by atomic mass is 16.5. The van der Waals surface area contributed by atoms with E-state index in [-0.39, 0.29) is 12.0 Å². The van der Waals surface area contributed by atoms with Crippen LogP contribution in [-0.4, -0.2) is 15.0 Å². The van der Waals surface area contributed by atoms with Gasteiger partial charge in [-0.25, -0.2) is 0 Å². The van der Waals surface area contributed by atoms with Gasteiger partial charge in [0.15, 0.2) is 0 Å². The fraction of sp³-hybridized carbons (Fsp3) is 0.118. The molecule has 0 aliphatic rings. The lowest BCUT2D eigenvalue weighted by Gasteiger charge is -2.07. The summed E-state index contributed by atoms with van der Waals surface area (Å²) < 4.78 is 11.2. The van der Waals surface area contributed by atoms with Gasteiger partial charge in [-0.3, -0.25) is 0 Å². The molecule has 110 valence electrons. The number of nitrogens with zero attached hydrogens (tertiary/aromatic N) is 3. The SMILES string of the molecule is Cc1nc(OCc2ccccc2)nc(Oc2ccccc2)n1. The minimum atomic E-state index is 0.224. The second-order valence-electron chi connectivity index (χ2n) is 4.64. The molecule has 0 bridgehead atoms. The summed E-state index contributed by atoms with van der Waals surface area (Å²) in [6.07, 6.45) is 0. The van der Waals surface area contributed by atoms with Crippen molar-refractivity contribution in [2.75, 3.05) is 0 Å². The third kappa shape index (κ3) is 3.79. The quantitative estimate of drug-likeness (QED) is 0.720. The summed E-state index contributed by atoms with van der Waals surface area (Å²) in [5.41, 5.74) is 1.05. The van der Waals surface area contributed by atoms with Crippen LogP contribution >= 0.6 is 0 Å². The summed E-state index contributed by atoms with van der Waals surface area (Å²) in [5.74, 6) is 1.21. The first kappa shape index (κ1) is 14.0. The summed E-state index contributed by atoms with van der Waals surface area (Å²) in [4.78, 5) is 12.5. The molecule has 0 fully saturated rings. The minimum Gasteiger partial charge on any atom is -0.458 e. The summed E-state index contributed by atoms with van der Waals surface area (Å²) in [6.45, 7) is 2.17. The maximum atomic E-state index is 5.61. The summed E-state index contributed by atoms with van der Waals surface area (Å²) in [5, 5.41) is 0. The van der Waals surface area contributed by atoms with Gasteiger partial charge in [0.25, 0.3) is 0 Å². The maximum absolute atomic E-state index is 5.61. The number of ether oxygens (including phenoxy) is 2. The van der Waals surface area contributed by atoms with Gasteiger partial charge >= 0.3 is 12.0 Å². The van der Waals surface area contributed by atoms with Gasteiger partial charge in [0.05, 0.1) is 0 Å². The Morgan fingerprint density at radius 1 is 0.773 bits per heavy atom. The van der Waals surface area contributed by atoms with Crippen LogP contribution in [0.4, 0.5) is 0 Å². The van der Waals surface area contributed by atoms with Gasteiger partial charge in [-0.1, -0.05) is 48.5 Å². The zero-order valence-corrected chi connectivity index (χ0v) is 12.1. The lowest BCUT2D eigenvalue weighted by atomic mass is 10.2. The number of rotatable bonds is 5. The zero-order chi connectivity index (χ0) is 15.2. The predicted octanol–water partition coefficient (Wildman–Crippen LogP) is 3.55. The van der Waals surface area contributed by atoms with Gasteiger partial charge < -0.3 is 9.47 Å². The van der Waals surface area contributed by atoms with E-state index in [4.69, 9.17) is 9.47 Å². The number of aryl methyl sites for hydroxylation is 1. The van der Waals surface area contributed by atoms with Crippen LogP contribution in [-0.2, 0) is 6.61 Å². The summed E-state index contributed by atoms with van der Waals surface area (Å²) in [7, 11) is 0. The molecule has 1 aromatic heterocycles. The molecule has 0 saturated carbocycles. The molecule has 0 aliphatic heterocycles. The van der Waals surface area contributed by atoms with Crippen LogP contribution in [0.2, 0.25) is 0 Å². The fourth-order valence-corrected chi connectivity index (χ4v) is 1.86. The van der Waals surface area contributed by atoms with Crippen LogP contribution in [0.15, 0.2) is 60.7 Å². The normalized spacial score (nSPS) is 10.2. The first-order valence-electron chi connectivity index (χ1n) is 6.92. The predicted molar refractivity (Wildman–Crippen MR) is 81.9 cm³/mol. The van der Waals surface area contributed by atoms with Gasteiger partial charge in [0.2, 0.25) is 0 Å². The Bertz CT molecular complexity index is 733. The van der Waals surface area contributed by atoms with Crippen molar-refractivity contribution in [1.82, 2.24) is 15.0 Å². The van der Waals surface area contributed by atoms with E-state index in [1.54, 1.807) is 6.92 Å². The topological polar surface area (TPSA) is 57.1 Å². The van der Waals surface area contributed by atoms with Crippen LogP contribution in [0, 0.1) is 6.92 Å². The van der Waals surface area contributed by atoms with Crippen LogP contribution < -0.4 is 9.47 Å². The average molecular weight is 293 g/mol. The minimum absolute atomic E-state index is 0.224. The Labute approximate surface area is 128 Å². The van der Waals surface area contributed by atoms with E-state index in [1.807, 2.05) is 60.7 Å². The molecule has 0 saturated heterocycles. The van der Waals surface area contributed by atoms with E-state index in [0.29, 0.717) is 18.2 Å². The average Bonchev–Trinajstić information content (AvgIpc) is 2.54. The molecule has 1 heterocycles. The van der Waals surface area contributed by atoms with Crippen molar-refractivity contribution in [2.45, 2.75) is 13.5 Å². The Morgan fingerprint density at radius 3 is 2.14 bits per heavy atom. The van der Waals surface area contributed by atoms with E-state index < -0.39 is 0 Å². The number of hydrogen-bond acceptors (Lipinski definition) is 5. The molecule has 3 aromatic rings. The molecule has 0 unspecified atom stereocenters. The van der Waals surface area contributed by atoms with Gasteiger partial charge in [-0.15, -0.1) is 4.98 Å². The van der Waals surface area contributed by atoms with Gasteiger partial charge in [-0.05, 0) is 24.6 Å². The molecule has 5 nitrogen and oxygen atoms in total. The van der Waals surface area contributed by atoms with E-state index in [0.717, 1.165) is 5.56 Å². The highest BCUT2D eigenvalue weighted by Crippen LogP contribution is 2.18. The molecule has 0 atom stereocenters. The molecule has 5 heteroatoms. The number of hydrogen-bond donors (Lipinski definition) is 0. The molecule has 0 N–H and O–H groups in total. The van der Waals surface area contributed by atoms with Crippen molar-refractivity contribution < 1.29 is 9.47 Å². The molecule has 22 heavy (non-hydrogen) atoms. The van der Waals surface area contributed by atoms with E-state index in [1.165, 1.54) is 0 Å². The second-order valence-corrected chi connectivity index (χ2v) is 4.64. The van der Waals surface area contributed by atoms with E-state index in [2.05, 4.69) is 15.0 Å². The van der Waals surface area contributed by atoms with Gasteiger partial charge in [-0.2, -0.15) is 9.97 Å². The van der Waals surface area contributed by atoms with E-state index >= 15 is 0 Å². The lowest BCUT2D eigenvalue weighted by Crippen LogP contribution is -2.03. The highest BCUT2D eigenvalue weighted by Gasteiger charge is 2.07. The monoisotopic (exact) mass is 293 g/mol. The van der Waals surface area contributed by atoms with E-state index in [9.17, 15) is 0 Å². The lowest BCUT2D eigenvalue weighted by molar-refractivity contribution is 0.272. The Hall–Kier alpha value is -2.95. The molecule has 2 aromatic carbocycles. The molecule has 0 radical (unpaired) electrons. The van der Waals surface area contributed by atoms with Crippen LogP contribution in [0.25, 0.3) is 0 Å². The molecule has 0 amide bonds. The Kier molecular flexibility index (Phi) is 4.25. The first-order chi connectivity index (χ1) is 10.8. The van der Waals surface area contributed by atoms with Crippen LogP contribution in [0.5, 0.6) is 17.8 Å². The molecule has 0 spiro atoms. The molecular weight excluding hydrogens is 278 g/mol. The van der Waals surface area contributed by atoms with Crippen molar-refractivity contribution >= 4 is 0 Å². The summed E-state index contributed by atoms with van der Waals surface area (Å²) in [6, 6.07) is 19.7. The number of benzene rings is 2. The number of aromatic nitrogens is 3. The first-order valence-corrected chi connectivity index (χ1v) is 6.92. The largest absolute Gasteiger partial charge is 0.458 e. The highest BCUT2D eigenvalue weighted by molar-refractivity contribution is 5.24. The standard InChI is InChI=1S/C17H15N3O2/c1-13-18-16(21-12-14-8-4-2-5-9-14)20-17(19-13)22-15-10-6-3-7-11-15/h2-11H,12H2,1H3. The molecule has 3 rings (SSSR count). The summed E-state index contributed by atoms with van der Waals surface area (Å²) >= 11 is 0. The van der Waals surface area contributed by atoms with Crippen LogP contribution in [0.1, 0.15) is 11.4 Å². The van der Waals surface area contributed by atoms with Gasteiger partial charge in [0.1, 0.15) is 18.2 Å². The van der Waals surface area contributed by atoms with Crippen LogP contribution in [0.3, 0.4) is 0 Å². The molecular formula is C17H15N3O2. The second kappa shape index (κ2) is 6.67. The maximum Gasteiger partial charge on any atom is 0.328 e. The fourth-order valence-electron chi connectivity index (χ4n) is 1.86. The van der Waals surface area contributed by atoms with Crippen molar-refractivity contribution in [1.29, 1.82) is 0 Å². The third-order valence-electron chi connectivity index (χ3n) is 2.87. The van der Waals surface area contributed by atoms with Crippen molar-refractivity contribution in [2.24, 2.45) is 0 Å². The third-order valence-corrected chi connectivity index (χ3v) is 2.87. The van der Waals surface area contributed by atoms with Crippen molar-refractivity contribution in [3.8, 4) is 17.8 Å². The Balaban J connectivity index is 1.72. The van der Waals surface area contributed by atoms with Crippen molar-refractivity contribution in [3.05, 3.63) is 72.1 Å². The zero-order valence-electron chi connectivity index (χ0n) is 12.1.